The maximum absolute atomic E-state index is 13.2. The standard InChI is InChI=1S/C10H13F2NO/c1-7(13)10(11,12)6-8-4-2-3-5-9(8)14/h2-5,7,14H,6,13H2,1H3. The van der Waals surface area contributed by atoms with Crippen molar-refractivity contribution in [1.29, 1.82) is 0 Å². The number of phenols is 1. The first-order valence-electron chi connectivity index (χ1n) is 4.34. The number of hydrogen-bond donors (Lipinski definition) is 2. The van der Waals surface area contributed by atoms with Gasteiger partial charge in [0, 0.05) is 6.42 Å². The molecule has 0 amide bonds. The third-order valence-corrected chi connectivity index (χ3v) is 2.08. The van der Waals surface area contributed by atoms with Crippen molar-refractivity contribution >= 4 is 0 Å². The lowest BCUT2D eigenvalue weighted by atomic mass is 10.0. The van der Waals surface area contributed by atoms with E-state index in [1.165, 1.54) is 19.1 Å². The van der Waals surface area contributed by atoms with Crippen molar-refractivity contribution < 1.29 is 13.9 Å². The SMILES string of the molecule is CC(N)C(F)(F)Cc1ccccc1O. The lowest BCUT2D eigenvalue weighted by molar-refractivity contribution is -0.0195. The minimum atomic E-state index is -2.99. The van der Waals surface area contributed by atoms with E-state index in [0.29, 0.717) is 0 Å². The van der Waals surface area contributed by atoms with Gasteiger partial charge in [-0.1, -0.05) is 18.2 Å². The maximum Gasteiger partial charge on any atom is 0.266 e. The van der Waals surface area contributed by atoms with Crippen molar-refractivity contribution in [3.8, 4) is 5.75 Å². The zero-order valence-corrected chi connectivity index (χ0v) is 7.87. The molecule has 78 valence electrons. The van der Waals surface area contributed by atoms with Gasteiger partial charge in [0.25, 0.3) is 5.92 Å². The Morgan fingerprint density at radius 3 is 2.50 bits per heavy atom. The topological polar surface area (TPSA) is 46.2 Å². The Morgan fingerprint density at radius 1 is 1.43 bits per heavy atom. The van der Waals surface area contributed by atoms with Crippen LogP contribution in [0.1, 0.15) is 12.5 Å². The van der Waals surface area contributed by atoms with Crippen molar-refractivity contribution in [3.63, 3.8) is 0 Å². The monoisotopic (exact) mass is 201 g/mol. The average Bonchev–Trinajstić information content (AvgIpc) is 2.08. The van der Waals surface area contributed by atoms with Crippen LogP contribution in [-0.2, 0) is 6.42 Å². The number of alkyl halides is 2. The summed E-state index contributed by atoms with van der Waals surface area (Å²) in [6.07, 6.45) is -0.530. The van der Waals surface area contributed by atoms with E-state index >= 15 is 0 Å². The van der Waals surface area contributed by atoms with E-state index in [9.17, 15) is 13.9 Å². The normalized spacial score (nSPS) is 14.0. The largest absolute Gasteiger partial charge is 0.508 e. The third kappa shape index (κ3) is 2.42. The Bertz CT molecular complexity index is 313. The molecule has 0 aliphatic heterocycles. The molecule has 14 heavy (non-hydrogen) atoms. The molecule has 0 saturated carbocycles. The van der Waals surface area contributed by atoms with Crippen LogP contribution in [0.2, 0.25) is 0 Å². The fourth-order valence-electron chi connectivity index (χ4n) is 1.08. The number of hydrogen-bond acceptors (Lipinski definition) is 2. The van der Waals surface area contributed by atoms with Gasteiger partial charge < -0.3 is 10.8 Å². The van der Waals surface area contributed by atoms with E-state index in [-0.39, 0.29) is 11.3 Å². The highest BCUT2D eigenvalue weighted by molar-refractivity contribution is 5.32. The van der Waals surface area contributed by atoms with E-state index in [2.05, 4.69) is 0 Å². The molecule has 0 aliphatic rings. The molecule has 0 fully saturated rings. The van der Waals surface area contributed by atoms with E-state index < -0.39 is 18.4 Å². The summed E-state index contributed by atoms with van der Waals surface area (Å²) in [5, 5.41) is 9.28. The average molecular weight is 201 g/mol. The third-order valence-electron chi connectivity index (χ3n) is 2.08. The molecule has 0 heterocycles. The Hall–Kier alpha value is -1.16. The fraction of sp³-hybridized carbons (Fsp3) is 0.400. The second-order valence-corrected chi connectivity index (χ2v) is 3.36. The molecule has 1 rings (SSSR count). The van der Waals surface area contributed by atoms with Crippen molar-refractivity contribution in [2.75, 3.05) is 0 Å². The van der Waals surface area contributed by atoms with Crippen LogP contribution in [0, 0.1) is 0 Å². The number of para-hydroxylation sites is 1. The molecule has 1 aromatic carbocycles. The summed E-state index contributed by atoms with van der Waals surface area (Å²) in [4.78, 5) is 0. The second-order valence-electron chi connectivity index (χ2n) is 3.36. The Balaban J connectivity index is 2.84. The highest BCUT2D eigenvalue weighted by Gasteiger charge is 2.34. The maximum atomic E-state index is 13.2. The molecule has 2 nitrogen and oxygen atoms in total. The number of nitrogens with two attached hydrogens (primary N) is 1. The smallest absolute Gasteiger partial charge is 0.266 e. The Morgan fingerprint density at radius 2 is 2.00 bits per heavy atom. The first kappa shape index (κ1) is 10.9. The number of rotatable bonds is 3. The molecule has 4 heteroatoms. The van der Waals surface area contributed by atoms with Crippen LogP contribution in [0.3, 0.4) is 0 Å². The van der Waals surface area contributed by atoms with Crippen molar-refractivity contribution in [1.82, 2.24) is 0 Å². The van der Waals surface area contributed by atoms with Gasteiger partial charge in [-0.25, -0.2) is 8.78 Å². The van der Waals surface area contributed by atoms with Crippen molar-refractivity contribution in [2.24, 2.45) is 5.73 Å². The molecule has 0 saturated heterocycles. The first-order valence-corrected chi connectivity index (χ1v) is 4.34. The van der Waals surface area contributed by atoms with Gasteiger partial charge >= 0.3 is 0 Å². The van der Waals surface area contributed by atoms with Gasteiger partial charge in [-0.2, -0.15) is 0 Å². The van der Waals surface area contributed by atoms with E-state index in [1.807, 2.05) is 0 Å². The van der Waals surface area contributed by atoms with Gasteiger partial charge in [-0.3, -0.25) is 0 Å². The van der Waals surface area contributed by atoms with Gasteiger partial charge in [0.05, 0.1) is 6.04 Å². The number of phenolic OH excluding ortho intramolecular Hbond substituents is 1. The zero-order valence-electron chi connectivity index (χ0n) is 7.87. The van der Waals surface area contributed by atoms with E-state index in [1.54, 1.807) is 12.1 Å². The van der Waals surface area contributed by atoms with Gasteiger partial charge in [0.2, 0.25) is 0 Å². The summed E-state index contributed by atoms with van der Waals surface area (Å²) in [6.45, 7) is 1.25. The van der Waals surface area contributed by atoms with Crippen molar-refractivity contribution in [3.05, 3.63) is 29.8 Å². The number of aromatic hydroxyl groups is 1. The molecule has 0 aliphatic carbocycles. The molecule has 1 aromatic rings. The van der Waals surface area contributed by atoms with Crippen LogP contribution in [0.25, 0.3) is 0 Å². The van der Waals surface area contributed by atoms with Gasteiger partial charge in [0.1, 0.15) is 5.75 Å². The minimum Gasteiger partial charge on any atom is -0.508 e. The lowest BCUT2D eigenvalue weighted by Crippen LogP contribution is -2.40. The summed E-state index contributed by atoms with van der Waals surface area (Å²) >= 11 is 0. The molecule has 1 unspecified atom stereocenters. The summed E-state index contributed by atoms with van der Waals surface area (Å²) in [6, 6.07) is 4.81. The Kier molecular flexibility index (Phi) is 3.06. The fourth-order valence-corrected chi connectivity index (χ4v) is 1.08. The summed E-state index contributed by atoms with van der Waals surface area (Å²) in [5.41, 5.74) is 5.35. The molecule has 3 N–H and O–H groups in total. The minimum absolute atomic E-state index is 0.118. The predicted molar refractivity (Wildman–Crippen MR) is 50.4 cm³/mol. The van der Waals surface area contributed by atoms with Crippen LogP contribution in [0.15, 0.2) is 24.3 Å². The Labute approximate surface area is 81.4 Å². The highest BCUT2D eigenvalue weighted by atomic mass is 19.3. The molecular weight excluding hydrogens is 188 g/mol. The van der Waals surface area contributed by atoms with Crippen LogP contribution in [0.4, 0.5) is 8.78 Å². The molecule has 1 atom stereocenters. The quantitative estimate of drug-likeness (QED) is 0.784. The van der Waals surface area contributed by atoms with Crippen LogP contribution < -0.4 is 5.73 Å². The molecule has 0 aromatic heterocycles. The molecule has 0 bridgehead atoms. The summed E-state index contributed by atoms with van der Waals surface area (Å²) in [7, 11) is 0. The van der Waals surface area contributed by atoms with Crippen molar-refractivity contribution in [2.45, 2.75) is 25.3 Å². The molecule has 0 spiro atoms. The zero-order chi connectivity index (χ0) is 10.8. The van der Waals surface area contributed by atoms with Gasteiger partial charge in [0.15, 0.2) is 0 Å². The predicted octanol–water partition coefficient (Wildman–Crippen LogP) is 1.92. The van der Waals surface area contributed by atoms with Gasteiger partial charge in [-0.15, -0.1) is 0 Å². The number of benzene rings is 1. The van der Waals surface area contributed by atoms with Crippen LogP contribution in [0.5, 0.6) is 5.75 Å². The number of halogens is 2. The molecular formula is C10H13F2NO. The first-order chi connectivity index (χ1) is 6.43. The second kappa shape index (κ2) is 3.92. The van der Waals surface area contributed by atoms with Crippen LogP contribution >= 0.6 is 0 Å². The summed E-state index contributed by atoms with van der Waals surface area (Å²) < 4.78 is 26.4. The van der Waals surface area contributed by atoms with Gasteiger partial charge in [-0.05, 0) is 18.6 Å². The highest BCUT2D eigenvalue weighted by Crippen LogP contribution is 2.27. The van der Waals surface area contributed by atoms with Crippen LogP contribution in [-0.4, -0.2) is 17.1 Å². The van der Waals surface area contributed by atoms with E-state index in [4.69, 9.17) is 5.73 Å². The summed E-state index contributed by atoms with van der Waals surface area (Å²) in [5.74, 6) is -3.11. The van der Waals surface area contributed by atoms with E-state index in [0.717, 1.165) is 0 Å². The molecule has 0 radical (unpaired) electrons. The lowest BCUT2D eigenvalue weighted by Gasteiger charge is -2.20.